The number of aliphatic carboxylic acids is 1. The highest BCUT2D eigenvalue weighted by molar-refractivity contribution is 5.83. The van der Waals surface area contributed by atoms with E-state index in [0.29, 0.717) is 5.56 Å². The molecule has 18 heavy (non-hydrogen) atoms. The fourth-order valence-corrected chi connectivity index (χ4v) is 1.45. The number of hydrogen-bond donors (Lipinski definition) is 3. The van der Waals surface area contributed by atoms with Gasteiger partial charge in [0, 0.05) is 19.4 Å². The second-order valence-electron chi connectivity index (χ2n) is 3.83. The van der Waals surface area contributed by atoms with Gasteiger partial charge in [-0.2, -0.15) is 0 Å². The first kappa shape index (κ1) is 14.1. The fourth-order valence-electron chi connectivity index (χ4n) is 1.45. The van der Waals surface area contributed by atoms with Crippen LogP contribution in [0.15, 0.2) is 24.3 Å². The van der Waals surface area contributed by atoms with Crippen LogP contribution in [0.4, 0.5) is 4.39 Å². The first-order valence-corrected chi connectivity index (χ1v) is 5.49. The minimum atomic E-state index is -1.13. The molecule has 98 valence electrons. The smallest absolute Gasteiger partial charge is 0.326 e. The zero-order valence-corrected chi connectivity index (χ0v) is 9.73. The van der Waals surface area contributed by atoms with Crippen LogP contribution in [-0.4, -0.2) is 29.6 Å². The van der Waals surface area contributed by atoms with Crippen molar-refractivity contribution in [2.75, 3.05) is 6.54 Å². The maximum absolute atomic E-state index is 12.7. The van der Waals surface area contributed by atoms with Gasteiger partial charge >= 0.3 is 5.97 Å². The van der Waals surface area contributed by atoms with Crippen LogP contribution in [0.25, 0.3) is 0 Å². The molecule has 0 aromatic heterocycles. The highest BCUT2D eigenvalue weighted by Crippen LogP contribution is 2.06. The molecule has 1 atom stereocenters. The Balaban J connectivity index is 2.65. The Morgan fingerprint density at radius 3 is 2.44 bits per heavy atom. The van der Waals surface area contributed by atoms with Crippen LogP contribution in [0.5, 0.6) is 0 Å². The van der Waals surface area contributed by atoms with Gasteiger partial charge in [-0.3, -0.25) is 4.79 Å². The van der Waals surface area contributed by atoms with E-state index < -0.39 is 23.7 Å². The summed E-state index contributed by atoms with van der Waals surface area (Å²) >= 11 is 0. The van der Waals surface area contributed by atoms with Gasteiger partial charge < -0.3 is 16.2 Å². The number of amides is 1. The molecule has 1 unspecified atom stereocenters. The molecule has 4 N–H and O–H groups in total. The molecule has 0 saturated carbocycles. The lowest BCUT2D eigenvalue weighted by Gasteiger charge is -2.14. The normalized spacial score (nSPS) is 11.9. The maximum atomic E-state index is 12.7. The lowest BCUT2D eigenvalue weighted by atomic mass is 10.1. The Hall–Kier alpha value is -1.95. The number of carboxylic acid groups (broad SMARTS) is 1. The number of carbonyl (C=O) groups is 2. The van der Waals surface area contributed by atoms with E-state index in [0.717, 1.165) is 0 Å². The van der Waals surface area contributed by atoms with E-state index >= 15 is 0 Å². The molecule has 0 radical (unpaired) electrons. The van der Waals surface area contributed by atoms with Crippen LogP contribution in [0.3, 0.4) is 0 Å². The minimum absolute atomic E-state index is 0.0766. The molecule has 0 aliphatic rings. The molecule has 0 heterocycles. The van der Waals surface area contributed by atoms with E-state index in [-0.39, 0.29) is 19.4 Å². The molecule has 6 heteroatoms. The van der Waals surface area contributed by atoms with Crippen molar-refractivity contribution in [3.05, 3.63) is 35.6 Å². The van der Waals surface area contributed by atoms with Crippen LogP contribution < -0.4 is 11.1 Å². The van der Waals surface area contributed by atoms with Crippen molar-refractivity contribution in [1.82, 2.24) is 5.32 Å². The van der Waals surface area contributed by atoms with Crippen molar-refractivity contribution in [3.8, 4) is 0 Å². The Morgan fingerprint density at radius 1 is 1.33 bits per heavy atom. The monoisotopic (exact) mass is 254 g/mol. The van der Waals surface area contributed by atoms with Crippen molar-refractivity contribution < 1.29 is 19.1 Å². The Bertz CT molecular complexity index is 420. The highest BCUT2D eigenvalue weighted by Gasteiger charge is 2.19. The Labute approximate surface area is 104 Å². The summed E-state index contributed by atoms with van der Waals surface area (Å²) < 4.78 is 12.7. The van der Waals surface area contributed by atoms with E-state index in [4.69, 9.17) is 10.8 Å². The highest BCUT2D eigenvalue weighted by atomic mass is 19.1. The van der Waals surface area contributed by atoms with E-state index in [1.54, 1.807) is 0 Å². The summed E-state index contributed by atoms with van der Waals surface area (Å²) in [7, 11) is 0. The average Bonchev–Trinajstić information content (AvgIpc) is 2.31. The number of hydrogen-bond acceptors (Lipinski definition) is 3. The Kier molecular flexibility index (Phi) is 5.26. The fraction of sp³-hybridized carbons (Fsp3) is 0.333. The molecule has 0 saturated heterocycles. The van der Waals surface area contributed by atoms with Crippen molar-refractivity contribution in [1.29, 1.82) is 0 Å². The molecule has 0 aliphatic heterocycles. The van der Waals surface area contributed by atoms with Gasteiger partial charge in [-0.05, 0) is 17.7 Å². The quantitative estimate of drug-likeness (QED) is 0.680. The number of carbonyl (C=O) groups excluding carboxylic acids is 1. The second kappa shape index (κ2) is 6.70. The van der Waals surface area contributed by atoms with Gasteiger partial charge in [-0.1, -0.05) is 12.1 Å². The SMILES string of the molecule is NCCC(=O)NC(Cc1ccc(F)cc1)C(=O)O. The lowest BCUT2D eigenvalue weighted by Crippen LogP contribution is -2.42. The third-order valence-electron chi connectivity index (χ3n) is 2.36. The summed E-state index contributed by atoms with van der Waals surface area (Å²) in [5.74, 6) is -1.94. The lowest BCUT2D eigenvalue weighted by molar-refractivity contribution is -0.141. The molecule has 1 aromatic carbocycles. The van der Waals surface area contributed by atoms with Crippen LogP contribution >= 0.6 is 0 Å². The summed E-state index contributed by atoms with van der Waals surface area (Å²) in [6.07, 6.45) is 0.180. The van der Waals surface area contributed by atoms with Gasteiger partial charge in [0.1, 0.15) is 11.9 Å². The molecule has 1 aromatic rings. The Morgan fingerprint density at radius 2 is 1.94 bits per heavy atom. The topological polar surface area (TPSA) is 92.4 Å². The number of benzene rings is 1. The molecular weight excluding hydrogens is 239 g/mol. The third kappa shape index (κ3) is 4.50. The van der Waals surface area contributed by atoms with E-state index in [1.807, 2.05) is 0 Å². The molecule has 1 amide bonds. The molecule has 1 rings (SSSR count). The van der Waals surface area contributed by atoms with Gasteiger partial charge in [0.15, 0.2) is 0 Å². The van der Waals surface area contributed by atoms with Gasteiger partial charge in [-0.25, -0.2) is 9.18 Å². The summed E-state index contributed by atoms with van der Waals surface area (Å²) in [6, 6.07) is 4.43. The largest absolute Gasteiger partial charge is 0.480 e. The first-order chi connectivity index (χ1) is 8.52. The molecular formula is C12H15FN2O3. The van der Waals surface area contributed by atoms with Gasteiger partial charge in [-0.15, -0.1) is 0 Å². The maximum Gasteiger partial charge on any atom is 0.326 e. The van der Waals surface area contributed by atoms with Crippen molar-refractivity contribution in [3.63, 3.8) is 0 Å². The van der Waals surface area contributed by atoms with Crippen molar-refractivity contribution >= 4 is 11.9 Å². The first-order valence-electron chi connectivity index (χ1n) is 5.49. The van der Waals surface area contributed by atoms with Crippen LogP contribution in [-0.2, 0) is 16.0 Å². The van der Waals surface area contributed by atoms with Crippen LogP contribution in [0.2, 0.25) is 0 Å². The molecule has 0 aliphatic carbocycles. The third-order valence-corrected chi connectivity index (χ3v) is 2.36. The molecule has 5 nitrogen and oxygen atoms in total. The summed E-state index contributed by atoms with van der Waals surface area (Å²) in [4.78, 5) is 22.3. The number of rotatable bonds is 6. The van der Waals surface area contributed by atoms with Gasteiger partial charge in [0.25, 0.3) is 0 Å². The standard InChI is InChI=1S/C12H15FN2O3/c13-9-3-1-8(2-4-9)7-10(12(17)18)15-11(16)5-6-14/h1-4,10H,5-7,14H2,(H,15,16)(H,17,18). The summed E-state index contributed by atoms with van der Waals surface area (Å²) in [5, 5.41) is 11.4. The predicted molar refractivity (Wildman–Crippen MR) is 63.3 cm³/mol. The van der Waals surface area contributed by atoms with Crippen LogP contribution in [0.1, 0.15) is 12.0 Å². The number of halogens is 1. The summed E-state index contributed by atoms with van der Waals surface area (Å²) in [6.45, 7) is 0.161. The number of nitrogens with one attached hydrogen (secondary N) is 1. The van der Waals surface area contributed by atoms with E-state index in [1.165, 1.54) is 24.3 Å². The molecule has 0 fully saturated rings. The van der Waals surface area contributed by atoms with Gasteiger partial charge in [0.2, 0.25) is 5.91 Å². The summed E-state index contributed by atoms with van der Waals surface area (Å²) in [5.41, 5.74) is 5.84. The predicted octanol–water partition coefficient (Wildman–Crippen LogP) is 0.286. The molecule has 0 bridgehead atoms. The average molecular weight is 254 g/mol. The van der Waals surface area contributed by atoms with Crippen LogP contribution in [0, 0.1) is 5.82 Å². The van der Waals surface area contributed by atoms with Crippen molar-refractivity contribution in [2.45, 2.75) is 18.9 Å². The minimum Gasteiger partial charge on any atom is -0.480 e. The van der Waals surface area contributed by atoms with Gasteiger partial charge in [0.05, 0.1) is 0 Å². The van der Waals surface area contributed by atoms with Crippen molar-refractivity contribution in [2.24, 2.45) is 5.73 Å². The zero-order valence-electron chi connectivity index (χ0n) is 9.73. The zero-order chi connectivity index (χ0) is 13.5. The van der Waals surface area contributed by atoms with E-state index in [9.17, 15) is 14.0 Å². The number of nitrogens with two attached hydrogens (primary N) is 1. The molecule has 0 spiro atoms. The van der Waals surface area contributed by atoms with E-state index in [2.05, 4.69) is 5.32 Å². The number of carboxylic acids is 1. The second-order valence-corrected chi connectivity index (χ2v) is 3.83.